The minimum absolute atomic E-state index is 0.157. The molecule has 0 amide bonds. The fourth-order valence-electron chi connectivity index (χ4n) is 1.58. The predicted molar refractivity (Wildman–Crippen MR) is 69.6 cm³/mol. The summed E-state index contributed by atoms with van der Waals surface area (Å²) in [5.41, 5.74) is 5.94. The number of hydrogen-bond acceptors (Lipinski definition) is 7. The summed E-state index contributed by atoms with van der Waals surface area (Å²) in [4.78, 5) is 17.9. The van der Waals surface area contributed by atoms with Gasteiger partial charge in [-0.05, 0) is 17.7 Å². The highest BCUT2D eigenvalue weighted by Gasteiger charge is 2.25. The molecular weight excluding hydrogens is 264 g/mol. The molecule has 0 spiro atoms. The largest absolute Gasteiger partial charge is 0.476 e. The van der Waals surface area contributed by atoms with Crippen LogP contribution in [0.5, 0.6) is 17.5 Å². The zero-order valence-electron chi connectivity index (χ0n) is 10.6. The molecule has 0 aliphatic carbocycles. The normalized spacial score (nSPS) is 10.1. The Morgan fingerprint density at radius 2 is 2.10 bits per heavy atom. The van der Waals surface area contributed by atoms with Gasteiger partial charge < -0.3 is 15.2 Å². The number of nitro groups is 1. The van der Waals surface area contributed by atoms with E-state index in [4.69, 9.17) is 15.2 Å². The summed E-state index contributed by atoms with van der Waals surface area (Å²) in [6.07, 6.45) is 1.13. The third-order valence-corrected chi connectivity index (χ3v) is 2.48. The maximum absolute atomic E-state index is 11.1. The van der Waals surface area contributed by atoms with Crippen molar-refractivity contribution in [2.75, 3.05) is 7.11 Å². The van der Waals surface area contributed by atoms with E-state index in [9.17, 15) is 10.1 Å². The summed E-state index contributed by atoms with van der Waals surface area (Å²) in [7, 11) is 1.29. The molecule has 104 valence electrons. The zero-order chi connectivity index (χ0) is 14.5. The molecule has 0 bridgehead atoms. The average Bonchev–Trinajstić information content (AvgIpc) is 2.46. The second-order valence-electron chi connectivity index (χ2n) is 3.75. The van der Waals surface area contributed by atoms with Gasteiger partial charge in [-0.3, -0.25) is 10.1 Å². The average molecular weight is 276 g/mol. The first kappa shape index (κ1) is 13.7. The lowest BCUT2D eigenvalue weighted by atomic mass is 10.2. The molecular formula is C12H12N4O4. The molecule has 0 aliphatic rings. The van der Waals surface area contributed by atoms with Crippen LogP contribution in [0.1, 0.15) is 5.56 Å². The Balaban J connectivity index is 2.40. The number of benzene rings is 1. The van der Waals surface area contributed by atoms with Gasteiger partial charge in [-0.2, -0.15) is 9.97 Å². The van der Waals surface area contributed by atoms with Crippen molar-refractivity contribution in [3.8, 4) is 17.5 Å². The van der Waals surface area contributed by atoms with Gasteiger partial charge in [-0.15, -0.1) is 0 Å². The van der Waals surface area contributed by atoms with Crippen LogP contribution in [0.4, 0.5) is 5.69 Å². The Labute approximate surface area is 114 Å². The van der Waals surface area contributed by atoms with Crippen LogP contribution in [-0.4, -0.2) is 22.0 Å². The van der Waals surface area contributed by atoms with E-state index in [-0.39, 0.29) is 11.8 Å². The van der Waals surface area contributed by atoms with Crippen LogP contribution in [-0.2, 0) is 6.54 Å². The number of rotatable bonds is 5. The van der Waals surface area contributed by atoms with Crippen molar-refractivity contribution in [1.29, 1.82) is 0 Å². The lowest BCUT2D eigenvalue weighted by molar-refractivity contribution is -0.387. The third-order valence-electron chi connectivity index (χ3n) is 2.48. The molecule has 1 heterocycles. The minimum atomic E-state index is -0.652. The Bertz CT molecular complexity index is 633. The van der Waals surface area contributed by atoms with Gasteiger partial charge in [0, 0.05) is 6.54 Å². The minimum Gasteiger partial charge on any atom is -0.476 e. The van der Waals surface area contributed by atoms with E-state index in [1.807, 2.05) is 6.07 Å². The molecule has 2 N–H and O–H groups in total. The van der Waals surface area contributed by atoms with Crippen molar-refractivity contribution in [2.24, 2.45) is 5.73 Å². The molecule has 20 heavy (non-hydrogen) atoms. The fraction of sp³-hybridized carbons (Fsp3) is 0.167. The third kappa shape index (κ3) is 2.81. The molecule has 2 aromatic rings. The maximum Gasteiger partial charge on any atom is 0.392 e. The topological polar surface area (TPSA) is 113 Å². The predicted octanol–water partition coefficient (Wildman–Crippen LogP) is 1.64. The molecule has 8 nitrogen and oxygen atoms in total. The lowest BCUT2D eigenvalue weighted by Gasteiger charge is -2.07. The summed E-state index contributed by atoms with van der Waals surface area (Å²) in [6, 6.07) is 6.89. The molecule has 1 aromatic carbocycles. The van der Waals surface area contributed by atoms with E-state index >= 15 is 0 Å². The van der Waals surface area contributed by atoms with Gasteiger partial charge in [0.2, 0.25) is 0 Å². The van der Waals surface area contributed by atoms with E-state index in [2.05, 4.69) is 9.97 Å². The van der Waals surface area contributed by atoms with Crippen LogP contribution in [0.2, 0.25) is 0 Å². The van der Waals surface area contributed by atoms with E-state index in [0.29, 0.717) is 12.3 Å². The second kappa shape index (κ2) is 5.93. The van der Waals surface area contributed by atoms with Crippen LogP contribution in [0.15, 0.2) is 30.6 Å². The zero-order valence-corrected chi connectivity index (χ0v) is 10.6. The van der Waals surface area contributed by atoms with Crippen molar-refractivity contribution >= 4 is 5.69 Å². The number of nitrogens with two attached hydrogens (primary N) is 1. The number of hydrogen-bond donors (Lipinski definition) is 1. The molecule has 0 saturated heterocycles. The molecule has 0 unspecified atom stereocenters. The second-order valence-corrected chi connectivity index (χ2v) is 3.75. The van der Waals surface area contributed by atoms with Crippen LogP contribution >= 0.6 is 0 Å². The monoisotopic (exact) mass is 276 g/mol. The van der Waals surface area contributed by atoms with Crippen molar-refractivity contribution in [3.05, 3.63) is 46.3 Å². The molecule has 1 aromatic heterocycles. The van der Waals surface area contributed by atoms with Crippen LogP contribution in [0, 0.1) is 10.1 Å². The number of ether oxygens (including phenoxy) is 2. The van der Waals surface area contributed by atoms with E-state index in [1.54, 1.807) is 18.2 Å². The first-order chi connectivity index (χ1) is 9.65. The van der Waals surface area contributed by atoms with Gasteiger partial charge in [0.05, 0.1) is 12.0 Å². The summed E-state index contributed by atoms with van der Waals surface area (Å²) < 4.78 is 10.3. The molecule has 2 rings (SSSR count). The van der Waals surface area contributed by atoms with E-state index in [1.165, 1.54) is 7.11 Å². The summed E-state index contributed by atoms with van der Waals surface area (Å²) in [5, 5.41) is 11.1. The van der Waals surface area contributed by atoms with Crippen molar-refractivity contribution in [2.45, 2.75) is 6.54 Å². The molecule has 0 radical (unpaired) electrons. The first-order valence-corrected chi connectivity index (χ1v) is 5.66. The summed E-state index contributed by atoms with van der Waals surface area (Å²) in [5.74, 6) is 0.0582. The summed E-state index contributed by atoms with van der Waals surface area (Å²) in [6.45, 7) is 0.340. The van der Waals surface area contributed by atoms with Gasteiger partial charge in [0.1, 0.15) is 12.1 Å². The molecule has 0 saturated carbocycles. The Morgan fingerprint density at radius 3 is 2.75 bits per heavy atom. The Kier molecular flexibility index (Phi) is 4.06. The van der Waals surface area contributed by atoms with E-state index in [0.717, 1.165) is 11.9 Å². The molecule has 0 atom stereocenters. The van der Waals surface area contributed by atoms with Crippen LogP contribution < -0.4 is 15.2 Å². The van der Waals surface area contributed by atoms with Crippen molar-refractivity contribution < 1.29 is 14.4 Å². The highest BCUT2D eigenvalue weighted by molar-refractivity contribution is 5.50. The van der Waals surface area contributed by atoms with Gasteiger partial charge in [0.25, 0.3) is 0 Å². The summed E-state index contributed by atoms with van der Waals surface area (Å²) >= 11 is 0. The highest BCUT2D eigenvalue weighted by atomic mass is 16.6. The number of aromatic nitrogens is 2. The van der Waals surface area contributed by atoms with Crippen LogP contribution in [0.25, 0.3) is 0 Å². The van der Waals surface area contributed by atoms with Gasteiger partial charge in [-0.1, -0.05) is 12.1 Å². The number of methoxy groups -OCH3 is 1. The van der Waals surface area contributed by atoms with Gasteiger partial charge >= 0.3 is 17.4 Å². The van der Waals surface area contributed by atoms with E-state index < -0.39 is 10.6 Å². The molecule has 0 fully saturated rings. The standard InChI is InChI=1S/C12H12N4O4/c1-19-11-10(16(17)18)12(15-7-14-11)20-9-4-2-3-8(5-9)6-13/h2-5,7H,6,13H2,1H3. The fourth-order valence-corrected chi connectivity index (χ4v) is 1.58. The smallest absolute Gasteiger partial charge is 0.392 e. The van der Waals surface area contributed by atoms with Gasteiger partial charge in [-0.25, -0.2) is 0 Å². The lowest BCUT2D eigenvalue weighted by Crippen LogP contribution is -2.01. The quantitative estimate of drug-likeness (QED) is 0.652. The Morgan fingerprint density at radius 1 is 1.35 bits per heavy atom. The maximum atomic E-state index is 11.1. The molecule has 8 heteroatoms. The molecule has 0 aliphatic heterocycles. The van der Waals surface area contributed by atoms with Crippen LogP contribution in [0.3, 0.4) is 0 Å². The Hall–Kier alpha value is -2.74. The van der Waals surface area contributed by atoms with Crippen molar-refractivity contribution in [3.63, 3.8) is 0 Å². The SMILES string of the molecule is COc1ncnc(Oc2cccc(CN)c2)c1[N+](=O)[O-]. The van der Waals surface area contributed by atoms with Crippen molar-refractivity contribution in [1.82, 2.24) is 9.97 Å². The van der Waals surface area contributed by atoms with Gasteiger partial charge in [0.15, 0.2) is 0 Å². The first-order valence-electron chi connectivity index (χ1n) is 5.66. The number of nitrogens with zero attached hydrogens (tertiary/aromatic N) is 3. The highest BCUT2D eigenvalue weighted by Crippen LogP contribution is 2.35.